The third kappa shape index (κ3) is 3.82. The van der Waals surface area contributed by atoms with Crippen LogP contribution in [0.5, 0.6) is 0 Å². The van der Waals surface area contributed by atoms with E-state index in [0.717, 1.165) is 31.7 Å². The van der Waals surface area contributed by atoms with E-state index < -0.39 is 0 Å². The molecule has 1 rings (SSSR count). The number of amides is 1. The third-order valence-corrected chi connectivity index (χ3v) is 3.32. The van der Waals surface area contributed by atoms with Crippen LogP contribution in [0.1, 0.15) is 45.4 Å². The van der Waals surface area contributed by atoms with Gasteiger partial charge < -0.3 is 10.6 Å². The van der Waals surface area contributed by atoms with Gasteiger partial charge in [-0.25, -0.2) is 0 Å². The van der Waals surface area contributed by atoms with Crippen LogP contribution in [0.4, 0.5) is 0 Å². The highest BCUT2D eigenvalue weighted by Gasteiger charge is 2.23. The van der Waals surface area contributed by atoms with Gasteiger partial charge in [0, 0.05) is 13.6 Å². The quantitative estimate of drug-likeness (QED) is 0.729. The average molecular weight is 212 g/mol. The molecule has 2 N–H and O–H groups in total. The van der Waals surface area contributed by atoms with Gasteiger partial charge in [-0.05, 0) is 25.2 Å². The van der Waals surface area contributed by atoms with Crippen LogP contribution in [0.2, 0.25) is 0 Å². The van der Waals surface area contributed by atoms with Gasteiger partial charge >= 0.3 is 0 Å². The van der Waals surface area contributed by atoms with Crippen LogP contribution in [0, 0.1) is 5.92 Å². The molecule has 3 heteroatoms. The Kier molecular flexibility index (Phi) is 5.09. The first-order valence-corrected chi connectivity index (χ1v) is 6.15. The molecular formula is C12H24N2O. The van der Waals surface area contributed by atoms with Crippen molar-refractivity contribution in [3.8, 4) is 0 Å². The zero-order valence-electron chi connectivity index (χ0n) is 10.0. The molecule has 0 radical (unpaired) electrons. The maximum Gasteiger partial charge on any atom is 0.239 e. The van der Waals surface area contributed by atoms with Crippen molar-refractivity contribution < 1.29 is 4.79 Å². The SMILES string of the molecule is CCCCC(N)C(=O)N(C)CC1CCC1. The summed E-state index contributed by atoms with van der Waals surface area (Å²) in [4.78, 5) is 13.6. The molecule has 0 aliphatic heterocycles. The number of carbonyl (C=O) groups excluding carboxylic acids is 1. The van der Waals surface area contributed by atoms with E-state index in [-0.39, 0.29) is 11.9 Å². The maximum absolute atomic E-state index is 11.8. The molecule has 0 aromatic rings. The van der Waals surface area contributed by atoms with Gasteiger partial charge in [0.2, 0.25) is 5.91 Å². The lowest BCUT2D eigenvalue weighted by Gasteiger charge is -2.31. The molecule has 1 unspecified atom stereocenters. The van der Waals surface area contributed by atoms with Crippen molar-refractivity contribution in [3.63, 3.8) is 0 Å². The molecule has 3 nitrogen and oxygen atoms in total. The van der Waals surface area contributed by atoms with E-state index in [1.165, 1.54) is 19.3 Å². The Morgan fingerprint density at radius 3 is 2.67 bits per heavy atom. The zero-order chi connectivity index (χ0) is 11.3. The second kappa shape index (κ2) is 6.11. The Labute approximate surface area is 93.0 Å². The monoisotopic (exact) mass is 212 g/mol. The van der Waals surface area contributed by atoms with Crippen molar-refractivity contribution in [2.24, 2.45) is 11.7 Å². The molecule has 0 heterocycles. The lowest BCUT2D eigenvalue weighted by atomic mass is 9.85. The van der Waals surface area contributed by atoms with Gasteiger partial charge in [-0.2, -0.15) is 0 Å². The van der Waals surface area contributed by atoms with Gasteiger partial charge in [0.25, 0.3) is 0 Å². The number of likely N-dealkylation sites (N-methyl/N-ethyl adjacent to an activating group) is 1. The summed E-state index contributed by atoms with van der Waals surface area (Å²) in [6, 6.07) is -0.282. The van der Waals surface area contributed by atoms with Crippen LogP contribution < -0.4 is 5.73 Å². The topological polar surface area (TPSA) is 46.3 Å². The Bertz CT molecular complexity index is 202. The van der Waals surface area contributed by atoms with Crippen molar-refractivity contribution >= 4 is 5.91 Å². The lowest BCUT2D eigenvalue weighted by molar-refractivity contribution is -0.132. The highest BCUT2D eigenvalue weighted by Crippen LogP contribution is 2.26. The van der Waals surface area contributed by atoms with Gasteiger partial charge in [-0.1, -0.05) is 26.2 Å². The summed E-state index contributed by atoms with van der Waals surface area (Å²) in [5.74, 6) is 0.854. The summed E-state index contributed by atoms with van der Waals surface area (Å²) >= 11 is 0. The van der Waals surface area contributed by atoms with Gasteiger partial charge in [-0.3, -0.25) is 4.79 Å². The van der Waals surface area contributed by atoms with Crippen molar-refractivity contribution in [2.45, 2.75) is 51.5 Å². The number of carbonyl (C=O) groups is 1. The molecular weight excluding hydrogens is 188 g/mol. The number of hydrogen-bond acceptors (Lipinski definition) is 2. The highest BCUT2D eigenvalue weighted by molar-refractivity contribution is 5.81. The molecule has 0 spiro atoms. The number of nitrogens with zero attached hydrogens (tertiary/aromatic N) is 1. The molecule has 1 aliphatic rings. The normalized spacial score (nSPS) is 18.3. The fourth-order valence-electron chi connectivity index (χ4n) is 1.98. The summed E-state index contributed by atoms with van der Waals surface area (Å²) in [6.45, 7) is 3.02. The molecule has 1 atom stereocenters. The number of hydrogen-bond donors (Lipinski definition) is 1. The molecule has 1 aliphatic carbocycles. The minimum atomic E-state index is -0.282. The second-order valence-corrected chi connectivity index (χ2v) is 4.76. The van der Waals surface area contributed by atoms with Gasteiger partial charge in [0.15, 0.2) is 0 Å². The van der Waals surface area contributed by atoms with Crippen molar-refractivity contribution in [1.29, 1.82) is 0 Å². The van der Waals surface area contributed by atoms with Crippen LogP contribution in [0.15, 0.2) is 0 Å². The Morgan fingerprint density at radius 1 is 1.53 bits per heavy atom. The largest absolute Gasteiger partial charge is 0.344 e. The second-order valence-electron chi connectivity index (χ2n) is 4.76. The van der Waals surface area contributed by atoms with E-state index in [9.17, 15) is 4.79 Å². The summed E-state index contributed by atoms with van der Waals surface area (Å²) in [6.07, 6.45) is 6.86. The first-order valence-electron chi connectivity index (χ1n) is 6.15. The lowest BCUT2D eigenvalue weighted by Crippen LogP contribution is -2.44. The number of unbranched alkanes of at least 4 members (excludes halogenated alkanes) is 1. The van der Waals surface area contributed by atoms with E-state index in [2.05, 4.69) is 6.92 Å². The maximum atomic E-state index is 11.8. The first-order chi connectivity index (χ1) is 7.15. The van der Waals surface area contributed by atoms with Crippen LogP contribution in [0.3, 0.4) is 0 Å². The molecule has 88 valence electrons. The number of rotatable bonds is 6. The van der Waals surface area contributed by atoms with Gasteiger partial charge in [0.05, 0.1) is 6.04 Å². The molecule has 1 saturated carbocycles. The van der Waals surface area contributed by atoms with Crippen LogP contribution >= 0.6 is 0 Å². The third-order valence-electron chi connectivity index (χ3n) is 3.32. The predicted octanol–water partition coefficient (Wildman–Crippen LogP) is 1.76. The van der Waals surface area contributed by atoms with Crippen molar-refractivity contribution in [1.82, 2.24) is 4.90 Å². The predicted molar refractivity (Wildman–Crippen MR) is 62.5 cm³/mol. The Balaban J connectivity index is 2.23. The number of nitrogens with two attached hydrogens (primary N) is 1. The average Bonchev–Trinajstić information content (AvgIpc) is 2.18. The summed E-state index contributed by atoms with van der Waals surface area (Å²) < 4.78 is 0. The Hall–Kier alpha value is -0.570. The summed E-state index contributed by atoms with van der Waals surface area (Å²) in [5.41, 5.74) is 5.85. The minimum absolute atomic E-state index is 0.121. The zero-order valence-corrected chi connectivity index (χ0v) is 10.0. The Morgan fingerprint density at radius 2 is 2.20 bits per heavy atom. The van der Waals surface area contributed by atoms with Crippen molar-refractivity contribution in [3.05, 3.63) is 0 Å². The van der Waals surface area contributed by atoms with E-state index in [1.54, 1.807) is 0 Å². The van der Waals surface area contributed by atoms with E-state index in [4.69, 9.17) is 5.73 Å². The molecule has 0 aromatic heterocycles. The van der Waals surface area contributed by atoms with Gasteiger partial charge in [0.1, 0.15) is 0 Å². The van der Waals surface area contributed by atoms with E-state index in [0.29, 0.717) is 0 Å². The summed E-state index contributed by atoms with van der Waals surface area (Å²) in [7, 11) is 1.88. The minimum Gasteiger partial charge on any atom is -0.344 e. The summed E-state index contributed by atoms with van der Waals surface area (Å²) in [5, 5.41) is 0. The fraction of sp³-hybridized carbons (Fsp3) is 0.917. The van der Waals surface area contributed by atoms with Crippen LogP contribution in [-0.4, -0.2) is 30.4 Å². The molecule has 15 heavy (non-hydrogen) atoms. The van der Waals surface area contributed by atoms with Gasteiger partial charge in [-0.15, -0.1) is 0 Å². The van der Waals surface area contributed by atoms with E-state index in [1.807, 2.05) is 11.9 Å². The van der Waals surface area contributed by atoms with Crippen LogP contribution in [-0.2, 0) is 4.79 Å². The highest BCUT2D eigenvalue weighted by atomic mass is 16.2. The molecule has 0 bridgehead atoms. The molecule has 1 amide bonds. The first kappa shape index (κ1) is 12.5. The van der Waals surface area contributed by atoms with E-state index >= 15 is 0 Å². The standard InChI is InChI=1S/C12H24N2O/c1-3-4-8-11(13)12(15)14(2)9-10-6-5-7-10/h10-11H,3-9,13H2,1-2H3. The molecule has 0 aromatic carbocycles. The fourth-order valence-corrected chi connectivity index (χ4v) is 1.98. The van der Waals surface area contributed by atoms with Crippen LogP contribution in [0.25, 0.3) is 0 Å². The van der Waals surface area contributed by atoms with Crippen molar-refractivity contribution in [2.75, 3.05) is 13.6 Å². The smallest absolute Gasteiger partial charge is 0.239 e. The molecule has 1 fully saturated rings. The molecule has 0 saturated heterocycles.